The second-order valence-corrected chi connectivity index (χ2v) is 3.40. The van der Waals surface area contributed by atoms with Crippen LogP contribution in [0.25, 0.3) is 6.08 Å². The third-order valence-corrected chi connectivity index (χ3v) is 2.07. The van der Waals surface area contributed by atoms with Crippen LogP contribution in [-0.4, -0.2) is 21.0 Å². The Morgan fingerprint density at radius 3 is 2.50 bits per heavy atom. The number of hydrogen-bond acceptors (Lipinski definition) is 4. The number of nitrogens with one attached hydrogen (secondary N) is 4. The first kappa shape index (κ1) is 10.3. The summed E-state index contributed by atoms with van der Waals surface area (Å²) >= 11 is 4.72. The molecule has 1 aromatic heterocycles. The molecule has 0 bridgehead atoms. The molecule has 1 aromatic rings. The highest BCUT2D eigenvalue weighted by Gasteiger charge is 2.20. The summed E-state index contributed by atoms with van der Waals surface area (Å²) in [6.07, 6.45) is 2.51. The number of H-pyrrole nitrogens is 2. The van der Waals surface area contributed by atoms with E-state index in [2.05, 4.69) is 15.6 Å². The van der Waals surface area contributed by atoms with Crippen molar-refractivity contribution < 1.29 is 4.79 Å². The summed E-state index contributed by atoms with van der Waals surface area (Å²) in [5.74, 6) is -0.421. The zero-order chi connectivity index (χ0) is 11.7. The Hall–Kier alpha value is -2.22. The number of thiocarbonyl (C=S) groups is 1. The molecule has 0 spiro atoms. The molecule has 1 fully saturated rings. The molecule has 0 atom stereocenters. The van der Waals surface area contributed by atoms with Gasteiger partial charge in [-0.05, 0) is 18.3 Å². The van der Waals surface area contributed by atoms with Crippen LogP contribution in [0.2, 0.25) is 0 Å². The fourth-order valence-corrected chi connectivity index (χ4v) is 1.37. The Balaban J connectivity index is 2.44. The topological polar surface area (TPSA) is 107 Å². The molecule has 8 heteroatoms. The zero-order valence-electron chi connectivity index (χ0n) is 7.79. The van der Waals surface area contributed by atoms with Gasteiger partial charge in [0.25, 0.3) is 11.5 Å². The highest BCUT2D eigenvalue weighted by Crippen LogP contribution is 2.02. The molecule has 82 valence electrons. The highest BCUT2D eigenvalue weighted by atomic mass is 32.1. The van der Waals surface area contributed by atoms with Crippen molar-refractivity contribution in [3.05, 3.63) is 38.3 Å². The number of rotatable bonds is 1. The van der Waals surface area contributed by atoms with Crippen LogP contribution in [-0.2, 0) is 4.79 Å². The molecule has 4 N–H and O–H groups in total. The lowest BCUT2D eigenvalue weighted by atomic mass is 10.2. The molecule has 1 saturated heterocycles. The van der Waals surface area contributed by atoms with Crippen molar-refractivity contribution in [2.75, 3.05) is 0 Å². The van der Waals surface area contributed by atoms with Crippen LogP contribution in [0.4, 0.5) is 0 Å². The van der Waals surface area contributed by atoms with E-state index in [1.165, 1.54) is 12.3 Å². The lowest BCUT2D eigenvalue weighted by molar-refractivity contribution is -0.115. The Morgan fingerprint density at radius 1 is 1.19 bits per heavy atom. The average molecular weight is 238 g/mol. The maximum Gasteiger partial charge on any atom is 0.325 e. The molecule has 16 heavy (non-hydrogen) atoms. The maximum absolute atomic E-state index is 11.3. The minimum absolute atomic E-state index is 0.155. The second kappa shape index (κ2) is 3.74. The van der Waals surface area contributed by atoms with Gasteiger partial charge in [0.15, 0.2) is 5.11 Å². The van der Waals surface area contributed by atoms with Crippen molar-refractivity contribution in [3.63, 3.8) is 0 Å². The number of aromatic amines is 2. The van der Waals surface area contributed by atoms with Crippen molar-refractivity contribution in [2.45, 2.75) is 0 Å². The van der Waals surface area contributed by atoms with Gasteiger partial charge in [-0.15, -0.1) is 0 Å². The maximum atomic E-state index is 11.3. The summed E-state index contributed by atoms with van der Waals surface area (Å²) in [4.78, 5) is 37.6. The summed E-state index contributed by atoms with van der Waals surface area (Å²) in [6.45, 7) is 0. The Labute approximate surface area is 93.6 Å². The molecule has 0 radical (unpaired) electrons. The number of aromatic nitrogens is 2. The molecule has 7 nitrogen and oxygen atoms in total. The lowest BCUT2D eigenvalue weighted by Crippen LogP contribution is -2.23. The number of amides is 1. The van der Waals surface area contributed by atoms with Crippen LogP contribution < -0.4 is 21.9 Å². The van der Waals surface area contributed by atoms with Gasteiger partial charge >= 0.3 is 5.69 Å². The van der Waals surface area contributed by atoms with E-state index >= 15 is 0 Å². The summed E-state index contributed by atoms with van der Waals surface area (Å²) in [5.41, 5.74) is -0.875. The quantitative estimate of drug-likeness (QED) is 0.348. The minimum Gasteiger partial charge on any atom is -0.328 e. The van der Waals surface area contributed by atoms with E-state index in [0.717, 1.165) is 0 Å². The van der Waals surface area contributed by atoms with Crippen molar-refractivity contribution >= 4 is 29.3 Å². The first-order chi connectivity index (χ1) is 7.56. The van der Waals surface area contributed by atoms with Gasteiger partial charge in [0.2, 0.25) is 0 Å². The van der Waals surface area contributed by atoms with E-state index in [0.29, 0.717) is 0 Å². The van der Waals surface area contributed by atoms with Crippen molar-refractivity contribution in [1.82, 2.24) is 20.6 Å². The monoisotopic (exact) mass is 238 g/mol. The van der Waals surface area contributed by atoms with Crippen LogP contribution in [0, 0.1) is 0 Å². The van der Waals surface area contributed by atoms with Gasteiger partial charge in [-0.1, -0.05) is 0 Å². The predicted octanol–water partition coefficient (Wildman–Crippen LogP) is -1.59. The average Bonchev–Trinajstić information content (AvgIpc) is 2.50. The molecule has 1 aliphatic heterocycles. The molecule has 2 rings (SSSR count). The zero-order valence-corrected chi connectivity index (χ0v) is 8.60. The van der Waals surface area contributed by atoms with E-state index in [-0.39, 0.29) is 16.4 Å². The normalized spacial score (nSPS) is 17.4. The van der Waals surface area contributed by atoms with Gasteiger partial charge in [-0.25, -0.2) is 4.79 Å². The fourth-order valence-electron chi connectivity index (χ4n) is 1.17. The molecule has 0 aliphatic carbocycles. The van der Waals surface area contributed by atoms with Gasteiger partial charge in [0, 0.05) is 6.20 Å². The van der Waals surface area contributed by atoms with E-state index in [1.54, 1.807) is 0 Å². The number of carbonyl (C=O) groups is 1. The van der Waals surface area contributed by atoms with Gasteiger partial charge in [-0.2, -0.15) is 0 Å². The molecule has 0 saturated carbocycles. The van der Waals surface area contributed by atoms with E-state index in [1.807, 2.05) is 4.98 Å². The van der Waals surface area contributed by atoms with Crippen molar-refractivity contribution in [2.24, 2.45) is 0 Å². The second-order valence-electron chi connectivity index (χ2n) is 2.99. The van der Waals surface area contributed by atoms with Gasteiger partial charge in [-0.3, -0.25) is 19.9 Å². The number of hydrogen-bond donors (Lipinski definition) is 4. The van der Waals surface area contributed by atoms with Gasteiger partial charge in [0.1, 0.15) is 5.70 Å². The molecule has 2 heterocycles. The minimum atomic E-state index is -0.605. The molecule has 1 amide bonds. The Morgan fingerprint density at radius 2 is 1.94 bits per heavy atom. The van der Waals surface area contributed by atoms with Gasteiger partial charge < -0.3 is 10.3 Å². The van der Waals surface area contributed by atoms with E-state index in [9.17, 15) is 14.4 Å². The van der Waals surface area contributed by atoms with Crippen LogP contribution >= 0.6 is 12.2 Å². The first-order valence-electron chi connectivity index (χ1n) is 4.22. The number of carbonyl (C=O) groups excluding carboxylic acids is 1. The lowest BCUT2D eigenvalue weighted by Gasteiger charge is -1.94. The van der Waals surface area contributed by atoms with E-state index in [4.69, 9.17) is 12.2 Å². The standard InChI is InChI=1S/C8H6N4O3S/c13-5-3(2-9-7(15)11-5)1-4-6(14)12-8(16)10-4/h1-2H,(H2,9,11,13,15)(H2,10,12,14,16)/b4-1-. The largest absolute Gasteiger partial charge is 0.328 e. The fraction of sp³-hybridized carbons (Fsp3) is 0. The predicted molar refractivity (Wildman–Crippen MR) is 59.5 cm³/mol. The third kappa shape index (κ3) is 1.91. The molecule has 0 aromatic carbocycles. The summed E-state index contributed by atoms with van der Waals surface area (Å²) in [5, 5.41) is 5.11. The molecule has 0 unspecified atom stereocenters. The van der Waals surface area contributed by atoms with E-state index < -0.39 is 17.2 Å². The molecule has 1 aliphatic rings. The summed E-state index contributed by atoms with van der Waals surface area (Å²) in [7, 11) is 0. The summed E-state index contributed by atoms with van der Waals surface area (Å²) in [6, 6.07) is 0. The van der Waals surface area contributed by atoms with Crippen LogP contribution in [0.15, 0.2) is 21.5 Å². The highest BCUT2D eigenvalue weighted by molar-refractivity contribution is 7.80. The SMILES string of the molecule is O=C1NC(=S)N/C1=C\c1c[nH]c(=O)[nH]c1=O. The van der Waals surface area contributed by atoms with Crippen LogP contribution in [0.3, 0.4) is 0 Å². The van der Waals surface area contributed by atoms with Crippen molar-refractivity contribution in [3.8, 4) is 0 Å². The van der Waals surface area contributed by atoms with Crippen LogP contribution in [0.5, 0.6) is 0 Å². The Bertz CT molecular complexity index is 612. The molecular weight excluding hydrogens is 232 g/mol. The first-order valence-corrected chi connectivity index (χ1v) is 4.63. The molecular formula is C8H6N4O3S. The van der Waals surface area contributed by atoms with Crippen molar-refractivity contribution in [1.29, 1.82) is 0 Å². The smallest absolute Gasteiger partial charge is 0.325 e. The summed E-state index contributed by atoms with van der Waals surface area (Å²) < 4.78 is 0. The van der Waals surface area contributed by atoms with Crippen LogP contribution in [0.1, 0.15) is 5.56 Å². The third-order valence-electron chi connectivity index (χ3n) is 1.87. The van der Waals surface area contributed by atoms with Gasteiger partial charge in [0.05, 0.1) is 5.56 Å². The Kier molecular flexibility index (Phi) is 2.41.